The van der Waals surface area contributed by atoms with Gasteiger partial charge in [0.2, 0.25) is 0 Å². The number of nitrogens with one attached hydrogen (secondary N) is 2. The van der Waals surface area contributed by atoms with Crippen molar-refractivity contribution in [2.75, 3.05) is 26.2 Å². The van der Waals surface area contributed by atoms with E-state index in [1.54, 1.807) is 0 Å². The summed E-state index contributed by atoms with van der Waals surface area (Å²) in [5.41, 5.74) is 2.42. The summed E-state index contributed by atoms with van der Waals surface area (Å²) in [6.07, 6.45) is 3.81. The van der Waals surface area contributed by atoms with Gasteiger partial charge >= 0.3 is 0 Å². The van der Waals surface area contributed by atoms with Gasteiger partial charge in [-0.2, -0.15) is 0 Å². The first-order valence-corrected chi connectivity index (χ1v) is 6.10. The van der Waals surface area contributed by atoms with Gasteiger partial charge in [0.25, 0.3) is 0 Å². The van der Waals surface area contributed by atoms with Crippen LogP contribution in [-0.4, -0.2) is 36.2 Å². The molecule has 0 saturated carbocycles. The van der Waals surface area contributed by atoms with E-state index in [1.807, 2.05) is 0 Å². The van der Waals surface area contributed by atoms with Crippen molar-refractivity contribution in [2.45, 2.75) is 26.2 Å². The number of likely N-dealkylation sites (tertiary alicyclic amines) is 1. The molecular weight excluding hydrogens is 208 g/mol. The molecule has 1 rings (SSSR count). The molecule has 1 saturated heterocycles. The lowest BCUT2D eigenvalue weighted by Crippen LogP contribution is -2.41. The van der Waals surface area contributed by atoms with Crippen molar-refractivity contribution in [3.63, 3.8) is 0 Å². The summed E-state index contributed by atoms with van der Waals surface area (Å²) in [6, 6.07) is 0. The third kappa shape index (κ3) is 5.30. The van der Waals surface area contributed by atoms with Gasteiger partial charge in [0.05, 0.1) is 0 Å². The summed E-state index contributed by atoms with van der Waals surface area (Å²) >= 11 is 4.88. The van der Waals surface area contributed by atoms with Gasteiger partial charge in [0.1, 0.15) is 0 Å². The number of hydrazine groups is 1. The van der Waals surface area contributed by atoms with Crippen LogP contribution in [0.4, 0.5) is 0 Å². The standard InChI is InChI=1S/C10H22N4S/c1-9-3-7-14(8-4-9)6-2-5-12-10(15)13-11/h9H,2-8,11H2,1H3,(H2,12,13,15). The highest BCUT2D eigenvalue weighted by Gasteiger charge is 2.14. The lowest BCUT2D eigenvalue weighted by atomic mass is 9.99. The molecule has 1 heterocycles. The van der Waals surface area contributed by atoms with E-state index in [-0.39, 0.29) is 0 Å². The second-order valence-corrected chi connectivity index (χ2v) is 4.69. The van der Waals surface area contributed by atoms with Gasteiger partial charge in [0, 0.05) is 6.54 Å². The largest absolute Gasteiger partial charge is 0.362 e. The Balaban J connectivity index is 1.98. The maximum absolute atomic E-state index is 5.15. The van der Waals surface area contributed by atoms with E-state index in [4.69, 9.17) is 18.1 Å². The van der Waals surface area contributed by atoms with Crippen molar-refractivity contribution in [1.29, 1.82) is 0 Å². The molecule has 4 N–H and O–H groups in total. The molecule has 5 heteroatoms. The summed E-state index contributed by atoms with van der Waals surface area (Å²) < 4.78 is 0. The van der Waals surface area contributed by atoms with Crippen LogP contribution in [0.15, 0.2) is 0 Å². The normalized spacial score (nSPS) is 18.8. The van der Waals surface area contributed by atoms with E-state index in [2.05, 4.69) is 22.6 Å². The van der Waals surface area contributed by atoms with Crippen LogP contribution in [0.25, 0.3) is 0 Å². The minimum atomic E-state index is 0.530. The van der Waals surface area contributed by atoms with Crippen molar-refractivity contribution in [3.05, 3.63) is 0 Å². The number of thiocarbonyl (C=S) groups is 1. The fourth-order valence-corrected chi connectivity index (χ4v) is 1.94. The first-order chi connectivity index (χ1) is 7.22. The minimum Gasteiger partial charge on any atom is -0.362 e. The van der Waals surface area contributed by atoms with Crippen LogP contribution in [-0.2, 0) is 0 Å². The number of nitrogens with two attached hydrogens (primary N) is 1. The van der Waals surface area contributed by atoms with Crippen LogP contribution in [0.2, 0.25) is 0 Å². The zero-order valence-electron chi connectivity index (χ0n) is 9.46. The predicted octanol–water partition coefficient (Wildman–Crippen LogP) is 0.446. The Morgan fingerprint density at radius 2 is 2.13 bits per heavy atom. The van der Waals surface area contributed by atoms with Gasteiger partial charge in [-0.05, 0) is 57.0 Å². The van der Waals surface area contributed by atoms with E-state index < -0.39 is 0 Å². The van der Waals surface area contributed by atoms with E-state index >= 15 is 0 Å². The second-order valence-electron chi connectivity index (χ2n) is 4.28. The molecule has 0 bridgehead atoms. The third-order valence-electron chi connectivity index (χ3n) is 2.94. The Hall–Kier alpha value is -0.390. The van der Waals surface area contributed by atoms with Crippen LogP contribution in [0.3, 0.4) is 0 Å². The lowest BCUT2D eigenvalue weighted by Gasteiger charge is -2.30. The predicted molar refractivity (Wildman–Crippen MR) is 67.4 cm³/mol. The Bertz CT molecular complexity index is 190. The number of hydrogen-bond donors (Lipinski definition) is 3. The van der Waals surface area contributed by atoms with Crippen molar-refractivity contribution >= 4 is 17.3 Å². The molecule has 0 atom stereocenters. The number of rotatable bonds is 4. The summed E-state index contributed by atoms with van der Waals surface area (Å²) in [5, 5.41) is 3.58. The first kappa shape index (κ1) is 12.7. The second kappa shape index (κ2) is 6.98. The smallest absolute Gasteiger partial charge is 0.180 e. The van der Waals surface area contributed by atoms with Crippen molar-refractivity contribution < 1.29 is 0 Å². The van der Waals surface area contributed by atoms with E-state index in [9.17, 15) is 0 Å². The van der Waals surface area contributed by atoms with Crippen LogP contribution in [0.5, 0.6) is 0 Å². The maximum Gasteiger partial charge on any atom is 0.180 e. The topological polar surface area (TPSA) is 53.3 Å². The van der Waals surface area contributed by atoms with Crippen LogP contribution >= 0.6 is 12.2 Å². The molecule has 0 aliphatic carbocycles. The molecule has 0 aromatic rings. The lowest BCUT2D eigenvalue weighted by molar-refractivity contribution is 0.191. The van der Waals surface area contributed by atoms with E-state index in [0.29, 0.717) is 5.11 Å². The molecule has 0 aromatic heterocycles. The summed E-state index contributed by atoms with van der Waals surface area (Å²) in [5.74, 6) is 6.06. The summed E-state index contributed by atoms with van der Waals surface area (Å²) in [6.45, 7) is 6.90. The van der Waals surface area contributed by atoms with Gasteiger partial charge < -0.3 is 15.6 Å². The van der Waals surface area contributed by atoms with Crippen LogP contribution in [0, 0.1) is 5.92 Å². The number of nitrogens with zero attached hydrogens (tertiary/aromatic N) is 1. The quantitative estimate of drug-likeness (QED) is 0.283. The summed E-state index contributed by atoms with van der Waals surface area (Å²) in [7, 11) is 0. The Morgan fingerprint density at radius 1 is 1.47 bits per heavy atom. The van der Waals surface area contributed by atoms with Gasteiger partial charge in [-0.25, -0.2) is 5.84 Å². The monoisotopic (exact) mass is 230 g/mol. The van der Waals surface area contributed by atoms with E-state index in [0.717, 1.165) is 25.4 Å². The first-order valence-electron chi connectivity index (χ1n) is 5.69. The fraction of sp³-hybridized carbons (Fsp3) is 0.900. The molecule has 1 aliphatic heterocycles. The van der Waals surface area contributed by atoms with E-state index in [1.165, 1.54) is 25.9 Å². The van der Waals surface area contributed by atoms with Gasteiger partial charge in [-0.1, -0.05) is 6.92 Å². The number of hydrogen-bond acceptors (Lipinski definition) is 3. The van der Waals surface area contributed by atoms with Crippen LogP contribution in [0.1, 0.15) is 26.2 Å². The molecule has 0 unspecified atom stereocenters. The van der Waals surface area contributed by atoms with Crippen molar-refractivity contribution in [3.8, 4) is 0 Å². The number of piperidine rings is 1. The van der Waals surface area contributed by atoms with Gasteiger partial charge in [-0.15, -0.1) is 0 Å². The Morgan fingerprint density at radius 3 is 2.73 bits per heavy atom. The fourth-order valence-electron chi connectivity index (χ4n) is 1.84. The molecule has 15 heavy (non-hydrogen) atoms. The van der Waals surface area contributed by atoms with Gasteiger partial charge in [0.15, 0.2) is 5.11 Å². The molecule has 88 valence electrons. The molecule has 1 aliphatic rings. The van der Waals surface area contributed by atoms with Crippen molar-refractivity contribution in [2.24, 2.45) is 11.8 Å². The molecule has 0 amide bonds. The molecular formula is C10H22N4S. The highest BCUT2D eigenvalue weighted by atomic mass is 32.1. The molecule has 0 radical (unpaired) electrons. The summed E-state index contributed by atoms with van der Waals surface area (Å²) in [4.78, 5) is 2.53. The van der Waals surface area contributed by atoms with Crippen LogP contribution < -0.4 is 16.6 Å². The Kier molecular flexibility index (Phi) is 5.90. The minimum absolute atomic E-state index is 0.530. The highest BCUT2D eigenvalue weighted by Crippen LogP contribution is 2.15. The van der Waals surface area contributed by atoms with Gasteiger partial charge in [-0.3, -0.25) is 0 Å². The van der Waals surface area contributed by atoms with Crippen molar-refractivity contribution in [1.82, 2.24) is 15.6 Å². The average Bonchev–Trinajstić information content (AvgIpc) is 2.26. The molecule has 0 aromatic carbocycles. The average molecular weight is 230 g/mol. The highest BCUT2D eigenvalue weighted by molar-refractivity contribution is 7.80. The zero-order valence-corrected chi connectivity index (χ0v) is 10.3. The maximum atomic E-state index is 5.15. The molecule has 4 nitrogen and oxygen atoms in total. The molecule has 0 spiro atoms. The zero-order chi connectivity index (χ0) is 11.1. The molecule has 1 fully saturated rings. The third-order valence-corrected chi connectivity index (χ3v) is 3.21. The Labute approximate surface area is 97.5 Å². The SMILES string of the molecule is CC1CCN(CCCNC(=S)NN)CC1.